The van der Waals surface area contributed by atoms with Crippen LogP contribution in [-0.2, 0) is 27.5 Å². The van der Waals surface area contributed by atoms with Crippen LogP contribution in [0.1, 0.15) is 38.8 Å². The second-order valence-corrected chi connectivity index (χ2v) is 6.84. The zero-order valence-electron chi connectivity index (χ0n) is 16.6. The number of methoxy groups -OCH3 is 2. The van der Waals surface area contributed by atoms with Crippen molar-refractivity contribution < 1.29 is 19.4 Å². The molecule has 0 aliphatic carbocycles. The smallest absolute Gasteiger partial charge is 0.241 e. The van der Waals surface area contributed by atoms with Crippen LogP contribution in [-0.4, -0.2) is 49.6 Å². The molecule has 0 aliphatic rings. The van der Waals surface area contributed by atoms with Crippen molar-refractivity contribution in [3.63, 3.8) is 0 Å². The molecule has 1 amide bonds. The van der Waals surface area contributed by atoms with Gasteiger partial charge in [-0.2, -0.15) is 0 Å². The highest BCUT2D eigenvalue weighted by molar-refractivity contribution is 5.94. The Morgan fingerprint density at radius 2 is 1.54 bits per heavy atom. The molecular formula is C19H33N3O4. The predicted octanol–water partition coefficient (Wildman–Crippen LogP) is 1.60. The normalized spacial score (nSPS) is 14.9. The number of carbonyl (C=O) groups is 1. The first kappa shape index (κ1) is 22.5. The minimum absolute atomic E-state index is 0.177. The van der Waals surface area contributed by atoms with E-state index in [0.717, 1.165) is 11.1 Å². The zero-order valence-corrected chi connectivity index (χ0v) is 16.6. The molecule has 0 spiro atoms. The SMILES string of the molecule is COCc1cc(COC)cc(NC(=O)[C@H](C)NC(O)[C@H](C)NC(C)C)c1. The molecular weight excluding hydrogens is 334 g/mol. The van der Waals surface area contributed by atoms with E-state index in [4.69, 9.17) is 9.47 Å². The summed E-state index contributed by atoms with van der Waals surface area (Å²) in [4.78, 5) is 12.5. The van der Waals surface area contributed by atoms with E-state index < -0.39 is 12.3 Å². The van der Waals surface area contributed by atoms with Gasteiger partial charge in [-0.05, 0) is 37.1 Å². The summed E-state index contributed by atoms with van der Waals surface area (Å²) in [6.45, 7) is 8.49. The monoisotopic (exact) mass is 367 g/mol. The quantitative estimate of drug-likeness (QED) is 0.444. The lowest BCUT2D eigenvalue weighted by Crippen LogP contribution is -2.53. The number of carbonyl (C=O) groups excluding carboxylic acids is 1. The lowest BCUT2D eigenvalue weighted by atomic mass is 10.1. The van der Waals surface area contributed by atoms with Crippen LogP contribution >= 0.6 is 0 Å². The Hall–Kier alpha value is -1.51. The van der Waals surface area contributed by atoms with Crippen molar-refractivity contribution >= 4 is 11.6 Å². The third-order valence-electron chi connectivity index (χ3n) is 3.83. The Labute approximate surface area is 156 Å². The molecule has 0 aromatic heterocycles. The second-order valence-electron chi connectivity index (χ2n) is 6.84. The number of ether oxygens (including phenoxy) is 2. The summed E-state index contributed by atoms with van der Waals surface area (Å²) in [5, 5.41) is 19.2. The molecule has 4 N–H and O–H groups in total. The van der Waals surface area contributed by atoms with E-state index in [-0.39, 0.29) is 18.0 Å². The van der Waals surface area contributed by atoms with E-state index in [1.54, 1.807) is 21.1 Å². The zero-order chi connectivity index (χ0) is 19.7. The van der Waals surface area contributed by atoms with Crippen molar-refractivity contribution in [3.8, 4) is 0 Å². The molecule has 1 unspecified atom stereocenters. The van der Waals surface area contributed by atoms with E-state index in [1.807, 2.05) is 39.0 Å². The van der Waals surface area contributed by atoms with Crippen molar-refractivity contribution in [1.82, 2.24) is 10.6 Å². The molecule has 0 heterocycles. The van der Waals surface area contributed by atoms with Crippen molar-refractivity contribution in [3.05, 3.63) is 29.3 Å². The molecule has 7 heteroatoms. The number of benzene rings is 1. The van der Waals surface area contributed by atoms with Gasteiger partial charge in [0, 0.05) is 32.0 Å². The highest BCUT2D eigenvalue weighted by Crippen LogP contribution is 2.17. The number of aliphatic hydroxyl groups excluding tert-OH is 1. The molecule has 1 aromatic carbocycles. The Bertz CT molecular complexity index is 541. The van der Waals surface area contributed by atoms with Crippen LogP contribution in [0.3, 0.4) is 0 Å². The second kappa shape index (κ2) is 11.3. The van der Waals surface area contributed by atoms with Gasteiger partial charge in [0.05, 0.1) is 19.3 Å². The first-order chi connectivity index (χ1) is 12.3. The van der Waals surface area contributed by atoms with Gasteiger partial charge in [0.1, 0.15) is 6.23 Å². The Morgan fingerprint density at radius 3 is 2.00 bits per heavy atom. The van der Waals surface area contributed by atoms with E-state index in [2.05, 4.69) is 16.0 Å². The van der Waals surface area contributed by atoms with Crippen LogP contribution in [0.15, 0.2) is 18.2 Å². The standard InChI is InChI=1S/C19H33N3O4/c1-12(2)20-13(3)18(23)21-14(4)19(24)22-17-8-15(10-25-5)7-16(9-17)11-26-6/h7-9,12-14,18,20-21,23H,10-11H2,1-6H3,(H,22,24)/t13-,14-,18?/m0/s1. The molecule has 0 radical (unpaired) electrons. The summed E-state index contributed by atoms with van der Waals surface area (Å²) in [6.07, 6.45) is -0.831. The highest BCUT2D eigenvalue weighted by Gasteiger charge is 2.21. The lowest BCUT2D eigenvalue weighted by molar-refractivity contribution is -0.118. The van der Waals surface area contributed by atoms with Gasteiger partial charge < -0.3 is 25.2 Å². The van der Waals surface area contributed by atoms with Gasteiger partial charge in [-0.3, -0.25) is 10.1 Å². The minimum atomic E-state index is -0.831. The van der Waals surface area contributed by atoms with Crippen LogP contribution in [0.4, 0.5) is 5.69 Å². The first-order valence-corrected chi connectivity index (χ1v) is 8.88. The maximum atomic E-state index is 12.5. The number of hydrogen-bond donors (Lipinski definition) is 4. The molecule has 1 rings (SSSR count). The van der Waals surface area contributed by atoms with Crippen molar-refractivity contribution in [2.24, 2.45) is 0 Å². The largest absolute Gasteiger partial charge is 0.380 e. The van der Waals surface area contributed by atoms with Gasteiger partial charge in [-0.1, -0.05) is 19.9 Å². The maximum Gasteiger partial charge on any atom is 0.241 e. The van der Waals surface area contributed by atoms with Crippen LogP contribution in [0, 0.1) is 0 Å². The number of rotatable bonds is 11. The van der Waals surface area contributed by atoms with Gasteiger partial charge >= 0.3 is 0 Å². The molecule has 0 saturated heterocycles. The number of anilines is 1. The first-order valence-electron chi connectivity index (χ1n) is 8.88. The summed E-state index contributed by atoms with van der Waals surface area (Å²) in [7, 11) is 3.25. The molecule has 7 nitrogen and oxygen atoms in total. The Morgan fingerprint density at radius 1 is 1.00 bits per heavy atom. The van der Waals surface area contributed by atoms with Crippen molar-refractivity contribution in [1.29, 1.82) is 0 Å². The molecule has 26 heavy (non-hydrogen) atoms. The number of aliphatic hydroxyl groups is 1. The predicted molar refractivity (Wildman–Crippen MR) is 103 cm³/mol. The summed E-state index contributed by atoms with van der Waals surface area (Å²) < 4.78 is 10.3. The number of nitrogens with one attached hydrogen (secondary N) is 3. The number of amides is 1. The van der Waals surface area contributed by atoms with Gasteiger partial charge in [0.2, 0.25) is 5.91 Å². The summed E-state index contributed by atoms with van der Waals surface area (Å²) in [6, 6.07) is 5.22. The average Bonchev–Trinajstić information content (AvgIpc) is 2.54. The lowest BCUT2D eigenvalue weighted by Gasteiger charge is -2.26. The summed E-state index contributed by atoms with van der Waals surface area (Å²) >= 11 is 0. The third-order valence-corrected chi connectivity index (χ3v) is 3.83. The maximum absolute atomic E-state index is 12.5. The third kappa shape index (κ3) is 7.80. The summed E-state index contributed by atoms with van der Waals surface area (Å²) in [5.41, 5.74) is 2.58. The molecule has 0 saturated carbocycles. The van der Waals surface area contributed by atoms with E-state index >= 15 is 0 Å². The average molecular weight is 367 g/mol. The Kier molecular flexibility index (Phi) is 9.75. The molecule has 3 atom stereocenters. The van der Waals surface area contributed by atoms with E-state index in [0.29, 0.717) is 18.9 Å². The minimum Gasteiger partial charge on any atom is -0.380 e. The Balaban J connectivity index is 2.73. The van der Waals surface area contributed by atoms with Gasteiger partial charge in [0.25, 0.3) is 0 Å². The molecule has 1 aromatic rings. The van der Waals surface area contributed by atoms with Gasteiger partial charge in [0.15, 0.2) is 0 Å². The topological polar surface area (TPSA) is 91.9 Å². The fourth-order valence-corrected chi connectivity index (χ4v) is 2.68. The highest BCUT2D eigenvalue weighted by atomic mass is 16.5. The van der Waals surface area contributed by atoms with E-state index in [1.165, 1.54) is 0 Å². The van der Waals surface area contributed by atoms with Crippen LogP contribution in [0.25, 0.3) is 0 Å². The van der Waals surface area contributed by atoms with E-state index in [9.17, 15) is 9.90 Å². The van der Waals surface area contributed by atoms with Crippen LogP contribution in [0.5, 0.6) is 0 Å². The molecule has 0 aliphatic heterocycles. The molecule has 148 valence electrons. The van der Waals surface area contributed by atoms with Crippen molar-refractivity contribution in [2.75, 3.05) is 19.5 Å². The molecule has 0 fully saturated rings. The number of hydrogen-bond acceptors (Lipinski definition) is 6. The van der Waals surface area contributed by atoms with Crippen LogP contribution < -0.4 is 16.0 Å². The van der Waals surface area contributed by atoms with Gasteiger partial charge in [-0.15, -0.1) is 0 Å². The van der Waals surface area contributed by atoms with Crippen molar-refractivity contribution in [2.45, 2.75) is 65.3 Å². The fraction of sp³-hybridized carbons (Fsp3) is 0.632. The molecule has 0 bridgehead atoms. The fourth-order valence-electron chi connectivity index (χ4n) is 2.68. The van der Waals surface area contributed by atoms with Gasteiger partial charge in [-0.25, -0.2) is 0 Å². The van der Waals surface area contributed by atoms with Crippen LogP contribution in [0.2, 0.25) is 0 Å². The summed E-state index contributed by atoms with van der Waals surface area (Å²) in [5.74, 6) is -0.223.